The zero-order chi connectivity index (χ0) is 9.42. The van der Waals surface area contributed by atoms with Crippen molar-refractivity contribution >= 4 is 22.9 Å². The Hall–Kier alpha value is -1.42. The summed E-state index contributed by atoms with van der Waals surface area (Å²) in [5.74, 6) is -0.0424. The van der Waals surface area contributed by atoms with Gasteiger partial charge in [0.2, 0.25) is 0 Å². The molecule has 0 bridgehead atoms. The number of carbonyl (C=O) groups is 1. The number of hydrogen-bond donors (Lipinski definition) is 0. The number of fused-ring (bicyclic) bond motifs is 1. The molecule has 2 heterocycles. The third-order valence-corrected chi connectivity index (χ3v) is 2.07. The van der Waals surface area contributed by atoms with Crippen LogP contribution in [0.2, 0.25) is 5.15 Å². The fourth-order valence-corrected chi connectivity index (χ4v) is 1.43. The van der Waals surface area contributed by atoms with Gasteiger partial charge in [-0.25, -0.2) is 9.50 Å². The van der Waals surface area contributed by atoms with Gasteiger partial charge in [0.15, 0.2) is 10.9 Å². The predicted octanol–water partition coefficient (Wildman–Crippen LogP) is 1.59. The van der Waals surface area contributed by atoms with Crippen molar-refractivity contribution in [2.75, 3.05) is 0 Å². The van der Waals surface area contributed by atoms with Crippen molar-refractivity contribution in [2.45, 2.75) is 6.92 Å². The molecule has 0 aliphatic rings. The van der Waals surface area contributed by atoms with Crippen LogP contribution in [0, 0.1) is 0 Å². The van der Waals surface area contributed by atoms with Crippen molar-refractivity contribution in [1.29, 1.82) is 0 Å². The zero-order valence-electron chi connectivity index (χ0n) is 6.86. The van der Waals surface area contributed by atoms with Crippen LogP contribution in [0.5, 0.6) is 0 Å². The van der Waals surface area contributed by atoms with E-state index in [1.165, 1.54) is 17.8 Å². The molecular weight excluding hydrogens is 190 g/mol. The molecule has 0 aliphatic heterocycles. The van der Waals surface area contributed by atoms with Gasteiger partial charge in [-0.05, 0) is 13.0 Å². The molecule has 2 aromatic rings. The number of carbonyl (C=O) groups excluding carboxylic acids is 1. The highest BCUT2D eigenvalue weighted by Gasteiger charge is 2.10. The number of ketones is 1. The van der Waals surface area contributed by atoms with Crippen LogP contribution >= 0.6 is 11.6 Å². The molecule has 4 nitrogen and oxygen atoms in total. The van der Waals surface area contributed by atoms with E-state index < -0.39 is 0 Å². The molecule has 0 amide bonds. The first-order valence-electron chi connectivity index (χ1n) is 3.69. The van der Waals surface area contributed by atoms with Crippen LogP contribution in [0.15, 0.2) is 18.6 Å². The lowest BCUT2D eigenvalue weighted by Crippen LogP contribution is -1.96. The predicted molar refractivity (Wildman–Crippen MR) is 48.0 cm³/mol. The highest BCUT2D eigenvalue weighted by molar-refractivity contribution is 6.33. The summed E-state index contributed by atoms with van der Waals surface area (Å²) in [6.45, 7) is 1.48. The smallest absolute Gasteiger partial charge is 0.162 e. The second-order valence-corrected chi connectivity index (χ2v) is 2.99. The van der Waals surface area contributed by atoms with E-state index in [1.807, 2.05) is 0 Å². The van der Waals surface area contributed by atoms with E-state index in [0.29, 0.717) is 16.2 Å². The van der Waals surface area contributed by atoms with Gasteiger partial charge in [0.25, 0.3) is 0 Å². The lowest BCUT2D eigenvalue weighted by molar-refractivity contribution is 0.101. The van der Waals surface area contributed by atoms with E-state index in [4.69, 9.17) is 11.6 Å². The van der Waals surface area contributed by atoms with Crippen LogP contribution in [0.3, 0.4) is 0 Å². The summed E-state index contributed by atoms with van der Waals surface area (Å²) in [6.07, 6.45) is 3.03. The zero-order valence-corrected chi connectivity index (χ0v) is 7.62. The van der Waals surface area contributed by atoms with E-state index >= 15 is 0 Å². The largest absolute Gasteiger partial charge is 0.294 e. The molecule has 0 spiro atoms. The third-order valence-electron chi connectivity index (χ3n) is 1.79. The fraction of sp³-hybridized carbons (Fsp3) is 0.125. The van der Waals surface area contributed by atoms with Crippen molar-refractivity contribution in [3.63, 3.8) is 0 Å². The van der Waals surface area contributed by atoms with Gasteiger partial charge in [-0.1, -0.05) is 11.6 Å². The first-order chi connectivity index (χ1) is 6.20. The van der Waals surface area contributed by atoms with E-state index in [0.717, 1.165) is 0 Å². The molecule has 0 N–H and O–H groups in total. The monoisotopic (exact) mass is 195 g/mol. The SMILES string of the molecule is CC(=O)c1ccn2ncnc(Cl)c12. The summed E-state index contributed by atoms with van der Waals surface area (Å²) in [5, 5.41) is 4.21. The van der Waals surface area contributed by atoms with Gasteiger partial charge in [-0.15, -0.1) is 0 Å². The summed E-state index contributed by atoms with van der Waals surface area (Å²) in [6, 6.07) is 1.68. The maximum atomic E-state index is 11.1. The second kappa shape index (κ2) is 2.81. The lowest BCUT2D eigenvalue weighted by Gasteiger charge is -1.96. The van der Waals surface area contributed by atoms with Gasteiger partial charge in [0.05, 0.1) is 0 Å². The lowest BCUT2D eigenvalue weighted by atomic mass is 10.2. The molecule has 0 saturated carbocycles. The molecule has 0 atom stereocenters. The summed E-state index contributed by atoms with van der Waals surface area (Å²) in [5.41, 5.74) is 1.11. The van der Waals surface area contributed by atoms with Gasteiger partial charge < -0.3 is 0 Å². The first-order valence-corrected chi connectivity index (χ1v) is 4.06. The van der Waals surface area contributed by atoms with Crippen LogP contribution in [0.1, 0.15) is 17.3 Å². The molecular formula is C8H6ClN3O. The van der Waals surface area contributed by atoms with Crippen molar-refractivity contribution < 1.29 is 4.79 Å². The standard InChI is InChI=1S/C8H6ClN3O/c1-5(13)6-2-3-12-7(6)8(9)10-4-11-12/h2-4H,1H3. The molecule has 0 fully saturated rings. The van der Waals surface area contributed by atoms with Gasteiger partial charge in [0, 0.05) is 11.8 Å². The highest BCUT2D eigenvalue weighted by atomic mass is 35.5. The van der Waals surface area contributed by atoms with Crippen LogP contribution in [-0.2, 0) is 0 Å². The number of rotatable bonds is 1. The number of halogens is 1. The van der Waals surface area contributed by atoms with Crippen LogP contribution < -0.4 is 0 Å². The first kappa shape index (κ1) is 8.19. The number of hydrogen-bond acceptors (Lipinski definition) is 3. The Labute approximate surface area is 79.2 Å². The van der Waals surface area contributed by atoms with E-state index in [-0.39, 0.29) is 5.78 Å². The molecule has 66 valence electrons. The maximum absolute atomic E-state index is 11.1. The molecule has 0 radical (unpaired) electrons. The van der Waals surface area contributed by atoms with Gasteiger partial charge >= 0.3 is 0 Å². The third kappa shape index (κ3) is 1.19. The topological polar surface area (TPSA) is 47.3 Å². The van der Waals surface area contributed by atoms with Crippen LogP contribution in [0.4, 0.5) is 0 Å². The quantitative estimate of drug-likeness (QED) is 0.650. The normalized spacial score (nSPS) is 10.6. The Balaban J connectivity index is 2.86. The highest BCUT2D eigenvalue weighted by Crippen LogP contribution is 2.18. The van der Waals surface area contributed by atoms with Gasteiger partial charge in [-0.3, -0.25) is 4.79 Å². The summed E-state index contributed by atoms with van der Waals surface area (Å²) in [7, 11) is 0. The molecule has 0 aliphatic carbocycles. The second-order valence-electron chi connectivity index (χ2n) is 2.63. The Morgan fingerprint density at radius 1 is 1.62 bits per heavy atom. The van der Waals surface area contributed by atoms with Gasteiger partial charge in [0.1, 0.15) is 11.8 Å². The molecule has 2 rings (SSSR count). The van der Waals surface area contributed by atoms with E-state index in [9.17, 15) is 4.79 Å². The number of nitrogens with zero attached hydrogens (tertiary/aromatic N) is 3. The Morgan fingerprint density at radius 2 is 2.38 bits per heavy atom. The van der Waals surface area contributed by atoms with Crippen molar-refractivity contribution in [1.82, 2.24) is 14.6 Å². The Bertz CT molecular complexity index is 477. The summed E-state index contributed by atoms with van der Waals surface area (Å²) >= 11 is 5.82. The fourth-order valence-electron chi connectivity index (χ4n) is 1.20. The Morgan fingerprint density at radius 3 is 3.08 bits per heavy atom. The Kier molecular flexibility index (Phi) is 1.77. The average Bonchev–Trinajstić information content (AvgIpc) is 2.49. The number of Topliss-reactive ketones (excluding diaryl/α,β-unsaturated/α-hetero) is 1. The van der Waals surface area contributed by atoms with Crippen LogP contribution in [0.25, 0.3) is 5.52 Å². The average molecular weight is 196 g/mol. The summed E-state index contributed by atoms with van der Waals surface area (Å²) in [4.78, 5) is 14.9. The van der Waals surface area contributed by atoms with Gasteiger partial charge in [-0.2, -0.15) is 5.10 Å². The molecule has 0 saturated heterocycles. The molecule has 2 aromatic heterocycles. The van der Waals surface area contributed by atoms with Crippen molar-refractivity contribution in [3.05, 3.63) is 29.3 Å². The molecule has 0 unspecified atom stereocenters. The minimum Gasteiger partial charge on any atom is -0.294 e. The van der Waals surface area contributed by atoms with Crippen LogP contribution in [-0.4, -0.2) is 20.4 Å². The molecule has 0 aromatic carbocycles. The maximum Gasteiger partial charge on any atom is 0.162 e. The van der Waals surface area contributed by atoms with E-state index in [2.05, 4.69) is 10.1 Å². The summed E-state index contributed by atoms with van der Waals surface area (Å²) < 4.78 is 1.53. The number of aromatic nitrogens is 3. The molecule has 5 heteroatoms. The molecule has 13 heavy (non-hydrogen) atoms. The van der Waals surface area contributed by atoms with Crippen molar-refractivity contribution in [2.24, 2.45) is 0 Å². The van der Waals surface area contributed by atoms with E-state index in [1.54, 1.807) is 12.3 Å². The minimum atomic E-state index is -0.0424. The minimum absolute atomic E-state index is 0.0424. The van der Waals surface area contributed by atoms with Crippen molar-refractivity contribution in [3.8, 4) is 0 Å².